The van der Waals surface area contributed by atoms with Crippen LogP contribution < -0.4 is 10.2 Å². The first kappa shape index (κ1) is 18.1. The van der Waals surface area contributed by atoms with E-state index in [0.29, 0.717) is 12.1 Å². The van der Waals surface area contributed by atoms with Crippen molar-refractivity contribution in [2.75, 3.05) is 18.9 Å². The number of rotatable bonds is 6. The number of para-hydroxylation sites is 1. The summed E-state index contributed by atoms with van der Waals surface area (Å²) < 4.78 is 0.956. The van der Waals surface area contributed by atoms with Gasteiger partial charge in [0, 0.05) is 16.2 Å². The highest BCUT2D eigenvalue weighted by molar-refractivity contribution is 9.10. The molecule has 0 heterocycles. The first-order valence-corrected chi connectivity index (χ1v) is 8.25. The van der Waals surface area contributed by atoms with E-state index in [1.165, 1.54) is 6.07 Å². The minimum absolute atomic E-state index is 0.0843. The molecule has 1 unspecified atom stereocenters. The van der Waals surface area contributed by atoms with Crippen molar-refractivity contribution in [3.63, 3.8) is 0 Å². The summed E-state index contributed by atoms with van der Waals surface area (Å²) in [6.07, 6.45) is 0. The van der Waals surface area contributed by atoms with Crippen LogP contribution in [0.15, 0.2) is 46.9 Å². The number of hydrogen-bond donors (Lipinski definition) is 2. The Morgan fingerprint density at radius 3 is 2.67 bits per heavy atom. The summed E-state index contributed by atoms with van der Waals surface area (Å²) in [5, 5.41) is 13.9. The Labute approximate surface area is 148 Å². The van der Waals surface area contributed by atoms with E-state index in [4.69, 9.17) is 0 Å². The van der Waals surface area contributed by atoms with Gasteiger partial charge in [-0.25, -0.2) is 0 Å². The van der Waals surface area contributed by atoms with Gasteiger partial charge < -0.3 is 10.2 Å². The maximum absolute atomic E-state index is 12.2. The molecule has 126 valence electrons. The van der Waals surface area contributed by atoms with Gasteiger partial charge in [-0.3, -0.25) is 14.9 Å². The van der Waals surface area contributed by atoms with Crippen molar-refractivity contribution < 1.29 is 14.6 Å². The van der Waals surface area contributed by atoms with E-state index >= 15 is 0 Å². The van der Waals surface area contributed by atoms with Gasteiger partial charge in [-0.2, -0.15) is 0 Å². The van der Waals surface area contributed by atoms with Crippen LogP contribution in [0.3, 0.4) is 0 Å². The molecular formula is C17H19BrN3O3+. The van der Waals surface area contributed by atoms with Gasteiger partial charge in [0.05, 0.1) is 17.5 Å². The van der Waals surface area contributed by atoms with Crippen LogP contribution in [0.2, 0.25) is 0 Å². The fourth-order valence-electron chi connectivity index (χ4n) is 2.46. The molecule has 7 heteroatoms. The van der Waals surface area contributed by atoms with Crippen LogP contribution in [0.4, 0.5) is 11.4 Å². The highest BCUT2D eigenvalue weighted by Crippen LogP contribution is 2.20. The van der Waals surface area contributed by atoms with Gasteiger partial charge in [-0.05, 0) is 36.8 Å². The second-order valence-corrected chi connectivity index (χ2v) is 6.62. The highest BCUT2D eigenvalue weighted by atomic mass is 79.9. The third-order valence-corrected chi connectivity index (χ3v) is 4.10. The summed E-state index contributed by atoms with van der Waals surface area (Å²) in [6, 6.07) is 12.2. The van der Waals surface area contributed by atoms with E-state index in [0.717, 1.165) is 20.6 Å². The molecule has 0 aliphatic rings. The Morgan fingerprint density at radius 2 is 2.00 bits per heavy atom. The van der Waals surface area contributed by atoms with E-state index in [9.17, 15) is 14.9 Å². The second kappa shape index (κ2) is 8.03. The summed E-state index contributed by atoms with van der Waals surface area (Å²) in [5.74, 6) is -0.128. The molecule has 6 nitrogen and oxygen atoms in total. The summed E-state index contributed by atoms with van der Waals surface area (Å²) >= 11 is 3.39. The van der Waals surface area contributed by atoms with Crippen molar-refractivity contribution in [1.82, 2.24) is 0 Å². The number of nitrogens with zero attached hydrogens (tertiary/aromatic N) is 1. The zero-order valence-corrected chi connectivity index (χ0v) is 15.1. The largest absolute Gasteiger partial charge is 0.326 e. The predicted octanol–water partition coefficient (Wildman–Crippen LogP) is 2.32. The molecule has 1 atom stereocenters. The molecule has 2 aromatic carbocycles. The Kier molecular flexibility index (Phi) is 6.05. The number of halogens is 1. The number of quaternary nitrogens is 1. The van der Waals surface area contributed by atoms with Crippen LogP contribution in [0.5, 0.6) is 0 Å². The number of anilines is 1. The van der Waals surface area contributed by atoms with Crippen LogP contribution in [0.25, 0.3) is 0 Å². The molecule has 2 rings (SSSR count). The zero-order chi connectivity index (χ0) is 17.7. The van der Waals surface area contributed by atoms with Gasteiger partial charge in [-0.1, -0.05) is 28.1 Å². The third kappa shape index (κ3) is 4.87. The van der Waals surface area contributed by atoms with Crippen molar-refractivity contribution in [2.45, 2.75) is 13.5 Å². The average Bonchev–Trinajstić information content (AvgIpc) is 2.50. The Balaban J connectivity index is 1.98. The molecule has 0 aliphatic heterocycles. The van der Waals surface area contributed by atoms with E-state index in [2.05, 4.69) is 21.2 Å². The Bertz CT molecular complexity index is 764. The van der Waals surface area contributed by atoms with Crippen LogP contribution in [-0.4, -0.2) is 24.4 Å². The Morgan fingerprint density at radius 1 is 1.29 bits per heavy atom. The van der Waals surface area contributed by atoms with E-state index < -0.39 is 4.92 Å². The molecule has 0 fully saturated rings. The Hall–Kier alpha value is -2.25. The van der Waals surface area contributed by atoms with Crippen molar-refractivity contribution in [3.8, 4) is 0 Å². The molecular weight excluding hydrogens is 374 g/mol. The number of amides is 1. The summed E-state index contributed by atoms with van der Waals surface area (Å²) in [7, 11) is 1.84. The molecule has 0 spiro atoms. The molecule has 0 aromatic heterocycles. The summed E-state index contributed by atoms with van der Waals surface area (Å²) in [4.78, 5) is 23.7. The SMILES string of the molecule is Cc1cc(Br)ccc1NC(=O)C[NH+](C)Cc1ccccc1[N+](=O)[O-]. The molecule has 1 amide bonds. The van der Waals surface area contributed by atoms with Gasteiger partial charge in [0.25, 0.3) is 11.6 Å². The highest BCUT2D eigenvalue weighted by Gasteiger charge is 2.18. The van der Waals surface area contributed by atoms with Gasteiger partial charge in [0.15, 0.2) is 6.54 Å². The number of nitro benzene ring substituents is 1. The maximum atomic E-state index is 12.2. The molecule has 2 N–H and O–H groups in total. The smallest absolute Gasteiger partial charge is 0.279 e. The van der Waals surface area contributed by atoms with Crippen molar-refractivity contribution in [1.29, 1.82) is 0 Å². The van der Waals surface area contributed by atoms with E-state index in [-0.39, 0.29) is 18.1 Å². The van der Waals surface area contributed by atoms with Crippen LogP contribution in [-0.2, 0) is 11.3 Å². The van der Waals surface area contributed by atoms with E-state index in [1.807, 2.05) is 32.2 Å². The number of carbonyl (C=O) groups excluding carboxylic acids is 1. The number of hydrogen-bond acceptors (Lipinski definition) is 3. The third-order valence-electron chi connectivity index (χ3n) is 3.61. The van der Waals surface area contributed by atoms with Crippen molar-refractivity contribution >= 4 is 33.2 Å². The molecule has 0 saturated heterocycles. The lowest BCUT2D eigenvalue weighted by Crippen LogP contribution is -3.08. The molecule has 0 bridgehead atoms. The number of aryl methyl sites for hydroxylation is 1. The number of likely N-dealkylation sites (N-methyl/N-ethyl adjacent to an activating group) is 1. The second-order valence-electron chi connectivity index (χ2n) is 5.70. The van der Waals surface area contributed by atoms with Gasteiger partial charge in [0.1, 0.15) is 6.54 Å². The van der Waals surface area contributed by atoms with Crippen LogP contribution >= 0.6 is 15.9 Å². The molecule has 0 radical (unpaired) electrons. The minimum atomic E-state index is -0.395. The summed E-state index contributed by atoms with van der Waals surface area (Å²) in [6.45, 7) is 2.55. The molecule has 0 saturated carbocycles. The lowest BCUT2D eigenvalue weighted by molar-refractivity contribution is -0.885. The number of carbonyl (C=O) groups is 1. The summed E-state index contributed by atoms with van der Waals surface area (Å²) in [5.41, 5.74) is 2.43. The van der Waals surface area contributed by atoms with Crippen molar-refractivity contribution in [3.05, 3.63) is 68.2 Å². The van der Waals surface area contributed by atoms with Crippen LogP contribution in [0.1, 0.15) is 11.1 Å². The lowest BCUT2D eigenvalue weighted by atomic mass is 10.1. The van der Waals surface area contributed by atoms with E-state index in [1.54, 1.807) is 18.2 Å². The van der Waals surface area contributed by atoms with Gasteiger partial charge >= 0.3 is 0 Å². The standard InChI is InChI=1S/C17H18BrN3O3/c1-12-9-14(18)7-8-15(12)19-17(22)11-20(2)10-13-5-3-4-6-16(13)21(23)24/h3-9H,10-11H2,1-2H3,(H,19,22)/p+1. The average molecular weight is 393 g/mol. The van der Waals surface area contributed by atoms with Crippen molar-refractivity contribution in [2.24, 2.45) is 0 Å². The molecule has 2 aromatic rings. The lowest BCUT2D eigenvalue weighted by Gasteiger charge is -2.15. The quantitative estimate of drug-likeness (QED) is 0.584. The van der Waals surface area contributed by atoms with Gasteiger partial charge in [-0.15, -0.1) is 0 Å². The zero-order valence-electron chi connectivity index (χ0n) is 13.5. The van der Waals surface area contributed by atoms with Crippen LogP contribution in [0, 0.1) is 17.0 Å². The minimum Gasteiger partial charge on any atom is -0.326 e. The number of nitro groups is 1. The topological polar surface area (TPSA) is 76.7 Å². The molecule has 24 heavy (non-hydrogen) atoms. The van der Waals surface area contributed by atoms with Gasteiger partial charge in [0.2, 0.25) is 0 Å². The maximum Gasteiger partial charge on any atom is 0.279 e. The predicted molar refractivity (Wildman–Crippen MR) is 96.1 cm³/mol. The fraction of sp³-hybridized carbons (Fsp3) is 0.235. The first-order valence-electron chi connectivity index (χ1n) is 7.46. The monoisotopic (exact) mass is 392 g/mol. The molecule has 0 aliphatic carbocycles. The number of nitrogens with one attached hydrogen (secondary N) is 2. The normalized spacial score (nSPS) is 11.8. The number of benzene rings is 2. The first-order chi connectivity index (χ1) is 11.4. The fourth-order valence-corrected chi connectivity index (χ4v) is 2.94.